The van der Waals surface area contributed by atoms with Gasteiger partial charge < -0.3 is 14.3 Å². The molecule has 2 aromatic heterocycles. The average Bonchev–Trinajstić information content (AvgIpc) is 3.44. The summed E-state index contributed by atoms with van der Waals surface area (Å²) in [7, 11) is 0. The fraction of sp³-hybridized carbons (Fsp3) is 0.292. The molecular weight excluding hydrogens is 394 g/mol. The molecule has 1 saturated heterocycles. The molecule has 0 aliphatic carbocycles. The number of hydrogen-bond donors (Lipinski definition) is 1. The van der Waals surface area contributed by atoms with E-state index in [1.54, 1.807) is 19.1 Å². The smallest absolute Gasteiger partial charge is 0.325 e. The summed E-state index contributed by atoms with van der Waals surface area (Å²) in [4.78, 5) is 39.6. The minimum absolute atomic E-state index is 0.0433. The summed E-state index contributed by atoms with van der Waals surface area (Å²) in [5.74, 6) is -0.463. The Balaban J connectivity index is 1.59. The number of rotatable bonds is 6. The Hall–Kier alpha value is -3.61. The first-order valence-electron chi connectivity index (χ1n) is 10.2. The summed E-state index contributed by atoms with van der Waals surface area (Å²) in [5.41, 5.74) is 2.06. The van der Waals surface area contributed by atoms with Crippen LogP contribution >= 0.6 is 0 Å². The normalized spacial score (nSPS) is 19.5. The third kappa shape index (κ3) is 3.36. The third-order valence-corrected chi connectivity index (χ3v) is 6.04. The molecule has 4 rings (SSSR count). The van der Waals surface area contributed by atoms with Crippen LogP contribution in [0.15, 0.2) is 59.2 Å². The molecular formula is C24H25N3O4. The monoisotopic (exact) mass is 419 g/mol. The van der Waals surface area contributed by atoms with Crippen molar-refractivity contribution < 1.29 is 18.8 Å². The van der Waals surface area contributed by atoms with Gasteiger partial charge in [-0.05, 0) is 51.5 Å². The van der Waals surface area contributed by atoms with Gasteiger partial charge in [0.25, 0.3) is 5.91 Å². The van der Waals surface area contributed by atoms with Gasteiger partial charge in [0.1, 0.15) is 5.76 Å². The highest BCUT2D eigenvalue weighted by Gasteiger charge is 2.51. The molecule has 3 heterocycles. The second-order valence-corrected chi connectivity index (χ2v) is 8.09. The van der Waals surface area contributed by atoms with Crippen LogP contribution in [0, 0.1) is 13.8 Å². The van der Waals surface area contributed by atoms with Crippen LogP contribution in [0.4, 0.5) is 4.79 Å². The predicted molar refractivity (Wildman–Crippen MR) is 115 cm³/mol. The maximum Gasteiger partial charge on any atom is 0.325 e. The van der Waals surface area contributed by atoms with Crippen LogP contribution in [0.25, 0.3) is 0 Å². The topological polar surface area (TPSA) is 84.6 Å². The van der Waals surface area contributed by atoms with Gasteiger partial charge >= 0.3 is 6.03 Å². The van der Waals surface area contributed by atoms with Gasteiger partial charge in [-0.3, -0.25) is 14.5 Å². The molecule has 7 heteroatoms. The molecule has 1 aromatic carbocycles. The Kier molecular flexibility index (Phi) is 5.05. The van der Waals surface area contributed by atoms with Gasteiger partial charge in [-0.25, -0.2) is 4.79 Å². The number of urea groups is 1. The van der Waals surface area contributed by atoms with Gasteiger partial charge in [0, 0.05) is 17.0 Å². The highest BCUT2D eigenvalue weighted by atomic mass is 16.3. The molecule has 0 saturated carbocycles. The van der Waals surface area contributed by atoms with Crippen molar-refractivity contribution in [2.75, 3.05) is 6.54 Å². The minimum atomic E-state index is -1.32. The van der Waals surface area contributed by atoms with Gasteiger partial charge in [-0.15, -0.1) is 0 Å². The summed E-state index contributed by atoms with van der Waals surface area (Å²) in [6.45, 7) is 7.16. The average molecular weight is 419 g/mol. The summed E-state index contributed by atoms with van der Waals surface area (Å²) in [6.07, 6.45) is 1.44. The van der Waals surface area contributed by atoms with Crippen LogP contribution in [0.5, 0.6) is 0 Å². The predicted octanol–water partition coefficient (Wildman–Crippen LogP) is 3.96. The summed E-state index contributed by atoms with van der Waals surface area (Å²) < 4.78 is 7.43. The quantitative estimate of drug-likeness (QED) is 0.484. The molecule has 0 spiro atoms. The first-order chi connectivity index (χ1) is 14.7. The van der Waals surface area contributed by atoms with Crippen molar-refractivity contribution in [2.24, 2.45) is 0 Å². The van der Waals surface area contributed by atoms with Crippen LogP contribution in [0.1, 0.15) is 53.0 Å². The van der Waals surface area contributed by atoms with Crippen molar-refractivity contribution in [3.63, 3.8) is 0 Å². The van der Waals surface area contributed by atoms with Crippen LogP contribution < -0.4 is 5.32 Å². The van der Waals surface area contributed by atoms with Crippen molar-refractivity contribution in [1.29, 1.82) is 0 Å². The van der Waals surface area contributed by atoms with E-state index in [1.165, 1.54) is 6.26 Å². The number of aromatic nitrogens is 1. The number of nitrogens with zero attached hydrogens (tertiary/aromatic N) is 2. The summed E-state index contributed by atoms with van der Waals surface area (Å²) in [5, 5.41) is 2.65. The van der Waals surface area contributed by atoms with Crippen LogP contribution in [0.3, 0.4) is 0 Å². The van der Waals surface area contributed by atoms with Gasteiger partial charge in [0.15, 0.2) is 11.3 Å². The van der Waals surface area contributed by atoms with E-state index in [9.17, 15) is 14.4 Å². The van der Waals surface area contributed by atoms with E-state index in [0.29, 0.717) is 11.3 Å². The number of imide groups is 1. The van der Waals surface area contributed by atoms with E-state index in [2.05, 4.69) is 16.8 Å². The highest BCUT2D eigenvalue weighted by Crippen LogP contribution is 2.30. The largest absolute Gasteiger partial charge is 0.466 e. The van der Waals surface area contributed by atoms with Crippen molar-refractivity contribution in [3.05, 3.63) is 83.1 Å². The fourth-order valence-corrected chi connectivity index (χ4v) is 4.34. The van der Waals surface area contributed by atoms with Crippen LogP contribution in [-0.2, 0) is 10.3 Å². The Bertz CT molecular complexity index is 1150. The van der Waals surface area contributed by atoms with Gasteiger partial charge in [-0.1, -0.05) is 30.3 Å². The van der Waals surface area contributed by atoms with E-state index in [-0.39, 0.29) is 18.4 Å². The third-order valence-electron chi connectivity index (χ3n) is 6.04. The van der Waals surface area contributed by atoms with Gasteiger partial charge in [0.05, 0.1) is 18.8 Å². The molecule has 31 heavy (non-hydrogen) atoms. The standard InChI is InChI=1S/C24H25N3O4/c1-15-13-19(17(3)27(15)16(2)18-9-6-5-7-10-18)20(28)14-26-22(29)24(4,25-23(26)30)21-11-8-12-31-21/h5-13,16H,14H2,1-4H3,(H,25,30). The lowest BCUT2D eigenvalue weighted by Crippen LogP contribution is -2.41. The number of carbonyl (C=O) groups excluding carboxylic acids is 3. The molecule has 1 aliphatic rings. The number of ketones is 1. The molecule has 160 valence electrons. The van der Waals surface area contributed by atoms with Gasteiger partial charge in [-0.2, -0.15) is 0 Å². The zero-order chi connectivity index (χ0) is 22.3. The molecule has 1 fully saturated rings. The Morgan fingerprint density at radius 2 is 1.84 bits per heavy atom. The second kappa shape index (κ2) is 7.58. The van der Waals surface area contributed by atoms with Crippen molar-refractivity contribution in [2.45, 2.75) is 39.3 Å². The van der Waals surface area contributed by atoms with E-state index in [0.717, 1.165) is 21.9 Å². The number of aryl methyl sites for hydroxylation is 1. The maximum absolute atomic E-state index is 13.1. The van der Waals surface area contributed by atoms with E-state index in [4.69, 9.17) is 4.42 Å². The minimum Gasteiger partial charge on any atom is -0.466 e. The van der Waals surface area contributed by atoms with E-state index >= 15 is 0 Å². The Morgan fingerprint density at radius 1 is 1.13 bits per heavy atom. The van der Waals surface area contributed by atoms with Crippen LogP contribution in [0.2, 0.25) is 0 Å². The number of benzene rings is 1. The number of nitrogens with one attached hydrogen (secondary N) is 1. The van der Waals surface area contributed by atoms with Crippen molar-refractivity contribution in [1.82, 2.24) is 14.8 Å². The Morgan fingerprint density at radius 3 is 2.48 bits per heavy atom. The molecule has 0 bridgehead atoms. The van der Waals surface area contributed by atoms with Crippen molar-refractivity contribution in [3.8, 4) is 0 Å². The van der Waals surface area contributed by atoms with Crippen LogP contribution in [-0.4, -0.2) is 33.7 Å². The lowest BCUT2D eigenvalue weighted by molar-refractivity contribution is -0.131. The first-order valence-corrected chi connectivity index (χ1v) is 10.2. The molecule has 3 amide bonds. The molecule has 2 atom stereocenters. The summed E-state index contributed by atoms with van der Waals surface area (Å²) in [6, 6.07) is 14.6. The molecule has 0 radical (unpaired) electrons. The Labute approximate surface area is 180 Å². The number of hydrogen-bond acceptors (Lipinski definition) is 4. The van der Waals surface area contributed by atoms with E-state index in [1.807, 2.05) is 50.2 Å². The first kappa shape index (κ1) is 20.7. The number of amides is 3. The number of carbonyl (C=O) groups is 3. The lowest BCUT2D eigenvalue weighted by Gasteiger charge is -2.20. The van der Waals surface area contributed by atoms with Gasteiger partial charge in [0.2, 0.25) is 0 Å². The zero-order valence-electron chi connectivity index (χ0n) is 18.0. The maximum atomic E-state index is 13.1. The summed E-state index contributed by atoms with van der Waals surface area (Å²) >= 11 is 0. The molecule has 1 N–H and O–H groups in total. The highest BCUT2D eigenvalue weighted by molar-refractivity contribution is 6.11. The molecule has 3 aromatic rings. The number of furan rings is 1. The molecule has 1 aliphatic heterocycles. The SMILES string of the molecule is Cc1cc(C(=O)CN2C(=O)NC(C)(c3ccco3)C2=O)c(C)n1C(C)c1ccccc1. The fourth-order valence-electron chi connectivity index (χ4n) is 4.34. The zero-order valence-corrected chi connectivity index (χ0v) is 18.0. The number of Topliss-reactive ketones (excluding diaryl/α,β-unsaturated/α-hetero) is 1. The second-order valence-electron chi connectivity index (χ2n) is 8.09. The van der Waals surface area contributed by atoms with Crippen molar-refractivity contribution >= 4 is 17.7 Å². The lowest BCUT2D eigenvalue weighted by atomic mass is 9.99. The molecule has 2 unspecified atom stereocenters. The van der Waals surface area contributed by atoms with E-state index < -0.39 is 17.5 Å². The molecule has 7 nitrogen and oxygen atoms in total.